The number of aromatic nitrogens is 4. The molecule has 2 saturated heterocycles. The number of rotatable bonds is 2. The lowest BCUT2D eigenvalue weighted by atomic mass is 9.92. The first-order valence-electron chi connectivity index (χ1n) is 8.93. The van der Waals surface area contributed by atoms with Crippen molar-refractivity contribution in [1.82, 2.24) is 24.6 Å². The van der Waals surface area contributed by atoms with Crippen LogP contribution in [0.25, 0.3) is 0 Å². The van der Waals surface area contributed by atoms with Gasteiger partial charge in [-0.1, -0.05) is 0 Å². The van der Waals surface area contributed by atoms with E-state index in [4.69, 9.17) is 0 Å². The van der Waals surface area contributed by atoms with E-state index < -0.39 is 0 Å². The molecule has 0 saturated carbocycles. The standard InChI is InChI=1S/C18H24N6O/c1-13-10-16(22(2)21-13)17(25)24-11-14-4-8-23(9-5-15(14)12-24)18-19-6-3-7-20-18/h3,6-7,10,14-15H,4-5,8-9,11-12H2,1-2H3/t14-,15+. The number of carbonyl (C=O) groups is 1. The van der Waals surface area contributed by atoms with Crippen molar-refractivity contribution in [1.29, 1.82) is 0 Å². The van der Waals surface area contributed by atoms with Crippen molar-refractivity contribution in [2.24, 2.45) is 18.9 Å². The summed E-state index contributed by atoms with van der Waals surface area (Å²) in [6.45, 7) is 5.52. The molecule has 2 fully saturated rings. The van der Waals surface area contributed by atoms with Gasteiger partial charge >= 0.3 is 0 Å². The number of nitrogens with zero attached hydrogens (tertiary/aromatic N) is 6. The van der Waals surface area contributed by atoms with E-state index >= 15 is 0 Å². The smallest absolute Gasteiger partial charge is 0.272 e. The predicted molar refractivity (Wildman–Crippen MR) is 94.3 cm³/mol. The van der Waals surface area contributed by atoms with Crippen molar-refractivity contribution in [2.75, 3.05) is 31.1 Å². The third-order valence-corrected chi connectivity index (χ3v) is 5.46. The fraction of sp³-hybridized carbons (Fsp3) is 0.556. The second-order valence-electron chi connectivity index (χ2n) is 7.14. The van der Waals surface area contributed by atoms with Gasteiger partial charge in [0.1, 0.15) is 5.69 Å². The SMILES string of the molecule is Cc1cc(C(=O)N2C[C@H]3CCN(c4ncccn4)CC[C@H]3C2)n(C)n1. The highest BCUT2D eigenvalue weighted by Crippen LogP contribution is 2.33. The van der Waals surface area contributed by atoms with Crippen LogP contribution in [0.4, 0.5) is 5.95 Å². The largest absolute Gasteiger partial charge is 0.341 e. The number of aryl methyl sites for hydroxylation is 2. The Hall–Kier alpha value is -2.44. The molecule has 1 amide bonds. The summed E-state index contributed by atoms with van der Waals surface area (Å²) in [5.74, 6) is 2.05. The monoisotopic (exact) mass is 340 g/mol. The van der Waals surface area contributed by atoms with E-state index in [-0.39, 0.29) is 5.91 Å². The molecular weight excluding hydrogens is 316 g/mol. The molecule has 0 radical (unpaired) electrons. The van der Waals surface area contributed by atoms with Gasteiger partial charge in [0.2, 0.25) is 5.95 Å². The maximum atomic E-state index is 12.8. The summed E-state index contributed by atoms with van der Waals surface area (Å²) in [4.78, 5) is 25.9. The molecule has 132 valence electrons. The topological polar surface area (TPSA) is 67.2 Å². The number of carbonyl (C=O) groups excluding carboxylic acids is 1. The van der Waals surface area contributed by atoms with Crippen molar-refractivity contribution in [3.8, 4) is 0 Å². The molecule has 2 aromatic heterocycles. The van der Waals surface area contributed by atoms with Gasteiger partial charge in [-0.2, -0.15) is 5.10 Å². The van der Waals surface area contributed by atoms with E-state index in [2.05, 4.69) is 20.0 Å². The van der Waals surface area contributed by atoms with E-state index in [0.29, 0.717) is 17.5 Å². The Balaban J connectivity index is 1.42. The minimum atomic E-state index is 0.111. The third kappa shape index (κ3) is 3.10. The number of hydrogen-bond donors (Lipinski definition) is 0. The van der Waals surface area contributed by atoms with Crippen LogP contribution in [0.2, 0.25) is 0 Å². The van der Waals surface area contributed by atoms with Gasteiger partial charge in [0.25, 0.3) is 5.91 Å². The fourth-order valence-corrected chi connectivity index (χ4v) is 4.14. The van der Waals surface area contributed by atoms with Gasteiger partial charge in [-0.3, -0.25) is 9.48 Å². The average Bonchev–Trinajstić information content (AvgIpc) is 3.12. The van der Waals surface area contributed by atoms with E-state index in [9.17, 15) is 4.79 Å². The molecule has 2 aromatic rings. The molecule has 25 heavy (non-hydrogen) atoms. The zero-order valence-corrected chi connectivity index (χ0v) is 14.8. The van der Waals surface area contributed by atoms with Crippen LogP contribution in [0, 0.1) is 18.8 Å². The molecule has 0 spiro atoms. The highest BCUT2D eigenvalue weighted by atomic mass is 16.2. The van der Waals surface area contributed by atoms with Gasteiger partial charge in [0.15, 0.2) is 0 Å². The number of amides is 1. The maximum absolute atomic E-state index is 12.8. The Bertz CT molecular complexity index is 742. The predicted octanol–water partition coefficient (Wildman–Crippen LogP) is 1.51. The lowest BCUT2D eigenvalue weighted by molar-refractivity contribution is 0.0772. The molecule has 2 atom stereocenters. The Kier molecular flexibility index (Phi) is 4.15. The third-order valence-electron chi connectivity index (χ3n) is 5.46. The maximum Gasteiger partial charge on any atom is 0.272 e. The molecule has 7 heteroatoms. The summed E-state index contributed by atoms with van der Waals surface area (Å²) in [5.41, 5.74) is 1.58. The molecule has 0 unspecified atom stereocenters. The van der Waals surface area contributed by atoms with Crippen LogP contribution < -0.4 is 4.90 Å². The van der Waals surface area contributed by atoms with Gasteiger partial charge in [0, 0.05) is 45.6 Å². The molecule has 2 aliphatic heterocycles. The average molecular weight is 340 g/mol. The van der Waals surface area contributed by atoms with E-state index in [1.54, 1.807) is 17.1 Å². The lowest BCUT2D eigenvalue weighted by Crippen LogP contribution is -2.32. The number of anilines is 1. The van der Waals surface area contributed by atoms with Gasteiger partial charge in [-0.25, -0.2) is 9.97 Å². The zero-order valence-electron chi connectivity index (χ0n) is 14.8. The van der Waals surface area contributed by atoms with Gasteiger partial charge in [-0.15, -0.1) is 0 Å². The number of likely N-dealkylation sites (tertiary alicyclic amines) is 1. The van der Waals surface area contributed by atoms with Crippen LogP contribution in [-0.4, -0.2) is 56.7 Å². The van der Waals surface area contributed by atoms with Crippen molar-refractivity contribution in [2.45, 2.75) is 19.8 Å². The highest BCUT2D eigenvalue weighted by Gasteiger charge is 2.38. The molecule has 4 rings (SSSR count). The second-order valence-corrected chi connectivity index (χ2v) is 7.14. The van der Waals surface area contributed by atoms with E-state index in [1.165, 1.54) is 0 Å². The van der Waals surface area contributed by atoms with Crippen LogP contribution >= 0.6 is 0 Å². The van der Waals surface area contributed by atoms with Gasteiger partial charge < -0.3 is 9.80 Å². The van der Waals surface area contributed by atoms with Crippen LogP contribution in [0.3, 0.4) is 0 Å². The molecule has 7 nitrogen and oxygen atoms in total. The van der Waals surface area contributed by atoms with E-state index in [1.807, 2.05) is 31.0 Å². The first-order chi connectivity index (χ1) is 12.1. The Morgan fingerprint density at radius 2 is 1.76 bits per heavy atom. The fourth-order valence-electron chi connectivity index (χ4n) is 4.14. The van der Waals surface area contributed by atoms with Crippen molar-refractivity contribution < 1.29 is 4.79 Å². The van der Waals surface area contributed by atoms with Crippen LogP contribution in [0.1, 0.15) is 29.0 Å². The summed E-state index contributed by atoms with van der Waals surface area (Å²) in [6, 6.07) is 3.73. The summed E-state index contributed by atoms with van der Waals surface area (Å²) in [7, 11) is 1.84. The van der Waals surface area contributed by atoms with Crippen LogP contribution in [0.15, 0.2) is 24.5 Å². The number of fused-ring (bicyclic) bond motifs is 1. The molecule has 0 aromatic carbocycles. The highest BCUT2D eigenvalue weighted by molar-refractivity contribution is 5.92. The van der Waals surface area contributed by atoms with Crippen LogP contribution in [-0.2, 0) is 7.05 Å². The lowest BCUT2D eigenvalue weighted by Gasteiger charge is -2.22. The van der Waals surface area contributed by atoms with Crippen molar-refractivity contribution in [3.63, 3.8) is 0 Å². The second kappa shape index (κ2) is 6.46. The Morgan fingerprint density at radius 1 is 1.12 bits per heavy atom. The number of hydrogen-bond acceptors (Lipinski definition) is 5. The summed E-state index contributed by atoms with van der Waals surface area (Å²) in [5, 5.41) is 4.30. The zero-order chi connectivity index (χ0) is 17.4. The minimum absolute atomic E-state index is 0.111. The normalized spacial score (nSPS) is 23.4. The van der Waals surface area contributed by atoms with E-state index in [0.717, 1.165) is 50.7 Å². The quantitative estimate of drug-likeness (QED) is 0.829. The first-order valence-corrected chi connectivity index (χ1v) is 8.93. The first kappa shape index (κ1) is 16.1. The summed E-state index contributed by atoms with van der Waals surface area (Å²) >= 11 is 0. The van der Waals surface area contributed by atoms with Crippen molar-refractivity contribution in [3.05, 3.63) is 35.9 Å². The Morgan fingerprint density at radius 3 is 2.32 bits per heavy atom. The molecule has 2 aliphatic rings. The molecular formula is C18H24N6O. The summed E-state index contributed by atoms with van der Waals surface area (Å²) < 4.78 is 1.69. The molecule has 0 N–H and O–H groups in total. The minimum Gasteiger partial charge on any atom is -0.341 e. The van der Waals surface area contributed by atoms with Crippen molar-refractivity contribution >= 4 is 11.9 Å². The molecule has 0 aliphatic carbocycles. The molecule has 0 bridgehead atoms. The summed E-state index contributed by atoms with van der Waals surface area (Å²) in [6.07, 6.45) is 5.75. The van der Waals surface area contributed by atoms with Gasteiger partial charge in [0.05, 0.1) is 5.69 Å². The van der Waals surface area contributed by atoms with Crippen LogP contribution in [0.5, 0.6) is 0 Å². The van der Waals surface area contributed by atoms with Gasteiger partial charge in [-0.05, 0) is 43.7 Å². The molecule has 4 heterocycles. The Labute approximate surface area is 147 Å².